The Morgan fingerprint density at radius 2 is 1.88 bits per heavy atom. The average molecular weight is 352 g/mol. The first-order chi connectivity index (χ1) is 11.3. The van der Waals surface area contributed by atoms with Crippen LogP contribution in [0.25, 0.3) is 0 Å². The molecule has 0 amide bonds. The summed E-state index contributed by atoms with van der Waals surface area (Å²) in [5.41, 5.74) is 1.62. The topological polar surface area (TPSA) is 102 Å². The van der Waals surface area contributed by atoms with Gasteiger partial charge in [0.15, 0.2) is 6.26 Å². The van der Waals surface area contributed by atoms with Gasteiger partial charge in [0.2, 0.25) is 5.37 Å². The molecule has 2 rings (SSSR count). The summed E-state index contributed by atoms with van der Waals surface area (Å²) in [6, 6.07) is 8.82. The number of hydrogen-bond donors (Lipinski definition) is 0. The molecule has 9 heteroatoms. The summed E-state index contributed by atoms with van der Waals surface area (Å²) in [5.74, 6) is 0.171. The molecule has 0 saturated carbocycles. The van der Waals surface area contributed by atoms with E-state index in [4.69, 9.17) is 4.52 Å². The zero-order valence-electron chi connectivity index (χ0n) is 13.8. The minimum Gasteiger partial charge on any atom is -0.745 e. The molecule has 0 radical (unpaired) electrons. The summed E-state index contributed by atoms with van der Waals surface area (Å²) in [7, 11) is -0.693. The maximum absolute atomic E-state index is 11.4. The Bertz CT molecular complexity index is 797. The van der Waals surface area contributed by atoms with Gasteiger partial charge in [-0.1, -0.05) is 13.3 Å². The van der Waals surface area contributed by atoms with E-state index in [-0.39, 0.29) is 12.2 Å². The van der Waals surface area contributed by atoms with Gasteiger partial charge in [-0.05, 0) is 34.1 Å². The molecule has 0 bridgehead atoms. The lowest BCUT2D eigenvalue weighted by atomic mass is 10.3. The van der Waals surface area contributed by atoms with Crippen molar-refractivity contribution in [2.45, 2.75) is 25.1 Å². The molecule has 0 N–H and O–H groups in total. The predicted octanol–water partition coefficient (Wildman–Crippen LogP) is 2.89. The minimum atomic E-state index is -4.56. The summed E-state index contributed by atoms with van der Waals surface area (Å²) in [6.45, 7) is 1.79. The lowest BCUT2D eigenvalue weighted by molar-refractivity contribution is -0.857. The zero-order chi connectivity index (χ0) is 17.7. The van der Waals surface area contributed by atoms with E-state index in [1.54, 1.807) is 19.1 Å². The maximum atomic E-state index is 11.4. The number of hydrogen-bond acceptors (Lipinski definition) is 7. The fourth-order valence-corrected chi connectivity index (χ4v) is 3.05. The van der Waals surface area contributed by atoms with Crippen LogP contribution in [-0.2, 0) is 10.1 Å². The van der Waals surface area contributed by atoms with E-state index in [0.717, 1.165) is 10.4 Å². The van der Waals surface area contributed by atoms with Crippen LogP contribution in [0.3, 0.4) is 0 Å². The van der Waals surface area contributed by atoms with Crippen LogP contribution in [0.4, 0.5) is 17.2 Å². The first-order valence-electron chi connectivity index (χ1n) is 7.46. The Labute approximate surface area is 141 Å². The molecule has 1 aromatic heterocycles. The van der Waals surface area contributed by atoms with Gasteiger partial charge in [-0.25, -0.2) is 8.42 Å². The third-order valence-corrected chi connectivity index (χ3v) is 4.48. The lowest BCUT2D eigenvalue weighted by Gasteiger charge is -2.14. The summed E-state index contributed by atoms with van der Waals surface area (Å²) in [6.07, 6.45) is 1.93. The minimum absolute atomic E-state index is 0.143. The van der Waals surface area contributed by atoms with Crippen molar-refractivity contribution in [1.29, 1.82) is 0 Å². The van der Waals surface area contributed by atoms with Gasteiger partial charge in [-0.3, -0.25) is 0 Å². The number of azo groups is 1. The molecule has 0 aliphatic carbocycles. The SMILES string of the molecule is CCCC([n+]1occc1N=Nc1ccc(N(C)C)cc1)S(=O)(=O)[O-]. The molecule has 8 nitrogen and oxygen atoms in total. The second-order valence-electron chi connectivity index (χ2n) is 5.44. The highest BCUT2D eigenvalue weighted by Gasteiger charge is 2.29. The van der Waals surface area contributed by atoms with Gasteiger partial charge < -0.3 is 14.0 Å². The lowest BCUT2D eigenvalue weighted by Crippen LogP contribution is -2.42. The van der Waals surface area contributed by atoms with Crippen molar-refractivity contribution in [1.82, 2.24) is 0 Å². The Kier molecular flexibility index (Phi) is 5.68. The largest absolute Gasteiger partial charge is 0.745 e. The van der Waals surface area contributed by atoms with Crippen molar-refractivity contribution in [3.05, 3.63) is 36.6 Å². The normalized spacial score (nSPS) is 13.3. The van der Waals surface area contributed by atoms with Gasteiger partial charge in [0, 0.05) is 26.2 Å². The number of nitrogens with zero attached hydrogens (tertiary/aromatic N) is 4. The van der Waals surface area contributed by atoms with Crippen molar-refractivity contribution in [3.63, 3.8) is 0 Å². The van der Waals surface area contributed by atoms with Crippen LogP contribution in [0.5, 0.6) is 0 Å². The number of aromatic nitrogens is 1. The van der Waals surface area contributed by atoms with Gasteiger partial charge in [0.05, 0.1) is 11.2 Å². The van der Waals surface area contributed by atoms with E-state index < -0.39 is 15.5 Å². The molecular weight excluding hydrogens is 332 g/mol. The van der Waals surface area contributed by atoms with Gasteiger partial charge in [0.25, 0.3) is 0 Å². The van der Waals surface area contributed by atoms with E-state index in [1.165, 1.54) is 12.3 Å². The van der Waals surface area contributed by atoms with Crippen LogP contribution in [-0.4, -0.2) is 27.1 Å². The molecule has 24 heavy (non-hydrogen) atoms. The van der Waals surface area contributed by atoms with E-state index in [2.05, 4.69) is 10.2 Å². The third kappa shape index (κ3) is 4.39. The molecule has 130 valence electrons. The first kappa shape index (κ1) is 18.1. The number of benzene rings is 1. The predicted molar refractivity (Wildman–Crippen MR) is 87.5 cm³/mol. The van der Waals surface area contributed by atoms with Gasteiger partial charge in [-0.15, -0.1) is 0 Å². The van der Waals surface area contributed by atoms with Crippen LogP contribution < -0.4 is 9.64 Å². The molecule has 1 atom stereocenters. The Morgan fingerprint density at radius 1 is 1.21 bits per heavy atom. The molecule has 1 aromatic carbocycles. The fourth-order valence-electron chi connectivity index (χ4n) is 2.13. The Balaban J connectivity index is 2.26. The van der Waals surface area contributed by atoms with Gasteiger partial charge in [0.1, 0.15) is 15.8 Å². The monoisotopic (exact) mass is 352 g/mol. The smallest absolute Gasteiger partial charge is 0.388 e. The second-order valence-corrected chi connectivity index (χ2v) is 6.97. The van der Waals surface area contributed by atoms with Crippen molar-refractivity contribution in [2.75, 3.05) is 19.0 Å². The number of anilines is 1. The van der Waals surface area contributed by atoms with Crippen LogP contribution in [0, 0.1) is 0 Å². The summed E-state index contributed by atoms with van der Waals surface area (Å²) >= 11 is 0. The molecule has 0 aliphatic heterocycles. The third-order valence-electron chi connectivity index (χ3n) is 3.38. The molecule has 0 spiro atoms. The molecule has 1 heterocycles. The molecular formula is C15H20N4O4S. The van der Waals surface area contributed by atoms with Gasteiger partial charge in [-0.2, -0.15) is 0 Å². The second kappa shape index (κ2) is 7.54. The highest BCUT2D eigenvalue weighted by molar-refractivity contribution is 7.85. The van der Waals surface area contributed by atoms with Crippen molar-refractivity contribution in [2.24, 2.45) is 10.2 Å². The summed E-state index contributed by atoms with van der Waals surface area (Å²) in [4.78, 5) is 1.96. The Hall–Kier alpha value is -2.26. The first-order valence-corrected chi connectivity index (χ1v) is 8.93. The standard InChI is InChI=1S/C15H20N4O4S/c1-4-5-15(24(20,21)22)19-14(10-11-23-19)17-16-12-6-8-13(9-7-12)18(2)3/h6-11,15H,4-5H2,1-3H3. The average Bonchev–Trinajstić information content (AvgIpc) is 2.97. The highest BCUT2D eigenvalue weighted by atomic mass is 32.2. The van der Waals surface area contributed by atoms with E-state index >= 15 is 0 Å². The molecule has 2 aromatic rings. The van der Waals surface area contributed by atoms with Crippen molar-refractivity contribution >= 4 is 27.3 Å². The van der Waals surface area contributed by atoms with Crippen LogP contribution in [0.1, 0.15) is 25.1 Å². The highest BCUT2D eigenvalue weighted by Crippen LogP contribution is 2.22. The van der Waals surface area contributed by atoms with Crippen molar-refractivity contribution < 1.29 is 22.2 Å². The zero-order valence-corrected chi connectivity index (χ0v) is 14.6. The summed E-state index contributed by atoms with van der Waals surface area (Å²) in [5, 5.41) is 6.74. The van der Waals surface area contributed by atoms with Crippen LogP contribution in [0.2, 0.25) is 0 Å². The van der Waals surface area contributed by atoms with Crippen molar-refractivity contribution in [3.8, 4) is 0 Å². The molecule has 0 aliphatic rings. The van der Waals surface area contributed by atoms with Crippen LogP contribution >= 0.6 is 0 Å². The Morgan fingerprint density at radius 3 is 2.42 bits per heavy atom. The quantitative estimate of drug-likeness (QED) is 0.433. The van der Waals surface area contributed by atoms with E-state index in [9.17, 15) is 13.0 Å². The van der Waals surface area contributed by atoms with E-state index in [1.807, 2.05) is 31.1 Å². The summed E-state index contributed by atoms with van der Waals surface area (Å²) < 4.78 is 40.4. The van der Waals surface area contributed by atoms with E-state index in [0.29, 0.717) is 12.1 Å². The fraction of sp³-hybridized carbons (Fsp3) is 0.400. The maximum Gasteiger partial charge on any atom is 0.388 e. The number of rotatable bonds is 7. The molecule has 1 unspecified atom stereocenters. The van der Waals surface area contributed by atoms with Crippen LogP contribution in [0.15, 0.2) is 51.3 Å². The van der Waals surface area contributed by atoms with Gasteiger partial charge >= 0.3 is 5.82 Å². The molecule has 0 fully saturated rings. The molecule has 0 saturated heterocycles.